The second-order valence-electron chi connectivity index (χ2n) is 9.60. The maximum atomic E-state index is 14.4. The van der Waals surface area contributed by atoms with Gasteiger partial charge in [0.05, 0.1) is 29.4 Å². The molecule has 1 aromatic carbocycles. The smallest absolute Gasteiger partial charge is 0.128 e. The van der Waals surface area contributed by atoms with E-state index < -0.39 is 0 Å². The average molecular weight is 492 g/mol. The molecule has 194 valence electrons. The molecule has 0 saturated heterocycles. The summed E-state index contributed by atoms with van der Waals surface area (Å²) in [6.07, 6.45) is 10.3. The molecule has 0 aliphatic carbocycles. The fourth-order valence-electron chi connectivity index (χ4n) is 5.08. The summed E-state index contributed by atoms with van der Waals surface area (Å²) in [5.41, 5.74) is 5.66. The zero-order chi connectivity index (χ0) is 26.2. The minimum Gasteiger partial charge on any atom is -0.498 e. The number of rotatable bonds is 11. The summed E-state index contributed by atoms with van der Waals surface area (Å²) in [6.45, 7) is 16.1. The van der Waals surface area contributed by atoms with Crippen molar-refractivity contribution in [3.8, 4) is 0 Å². The van der Waals surface area contributed by atoms with Crippen molar-refractivity contribution in [2.24, 2.45) is 0 Å². The lowest BCUT2D eigenvalue weighted by atomic mass is 9.98. The molecular formula is C31H42FN3O. The van der Waals surface area contributed by atoms with Crippen molar-refractivity contribution in [2.75, 3.05) is 16.8 Å². The number of pyridine rings is 1. The van der Waals surface area contributed by atoms with E-state index >= 15 is 0 Å². The van der Waals surface area contributed by atoms with Crippen molar-refractivity contribution in [1.29, 1.82) is 0 Å². The molecule has 5 heteroatoms. The van der Waals surface area contributed by atoms with Crippen LogP contribution in [0.3, 0.4) is 0 Å². The van der Waals surface area contributed by atoms with Gasteiger partial charge >= 0.3 is 0 Å². The van der Waals surface area contributed by atoms with Gasteiger partial charge in [-0.1, -0.05) is 57.2 Å². The van der Waals surface area contributed by atoms with E-state index in [0.717, 1.165) is 46.9 Å². The Hall–Kier alpha value is -3.08. The molecule has 0 bridgehead atoms. The first kappa shape index (κ1) is 27.5. The van der Waals surface area contributed by atoms with Crippen LogP contribution in [0.5, 0.6) is 0 Å². The SMILES string of the molecule is CC/C=C/C=C\C(=C(/C)OCC)c1cc(NCc2ccccc2F)c2c(n1)C(C)C(CC)N2C(C)C. The summed E-state index contributed by atoms with van der Waals surface area (Å²) in [4.78, 5) is 7.72. The Balaban J connectivity index is 2.17. The number of nitrogens with one attached hydrogen (secondary N) is 1. The normalized spacial score (nSPS) is 18.3. The lowest BCUT2D eigenvalue weighted by Gasteiger charge is -2.33. The van der Waals surface area contributed by atoms with Crippen molar-refractivity contribution in [3.05, 3.63) is 83.2 Å². The van der Waals surface area contributed by atoms with Crippen LogP contribution in [-0.4, -0.2) is 23.7 Å². The van der Waals surface area contributed by atoms with Gasteiger partial charge in [-0.25, -0.2) is 4.39 Å². The van der Waals surface area contributed by atoms with Crippen molar-refractivity contribution in [2.45, 2.75) is 85.9 Å². The number of aromatic nitrogens is 1. The highest BCUT2D eigenvalue weighted by Gasteiger charge is 2.39. The highest BCUT2D eigenvalue weighted by molar-refractivity contribution is 5.83. The van der Waals surface area contributed by atoms with Gasteiger partial charge in [0.1, 0.15) is 11.6 Å². The third-order valence-corrected chi connectivity index (χ3v) is 6.81. The van der Waals surface area contributed by atoms with Crippen LogP contribution >= 0.6 is 0 Å². The van der Waals surface area contributed by atoms with Crippen LogP contribution in [0, 0.1) is 5.82 Å². The standard InChI is InChI=1S/C31H42FN3O/c1-8-11-12-13-17-25(23(7)36-10-3)27-19-28(33-20-24-16-14-15-18-26(24)32)31-30(34-27)22(6)29(9-2)35(31)21(4)5/h11-19,21-22,29H,8-10,20H2,1-7H3,(H,33,34)/b12-11+,17-13-,25-23-. The summed E-state index contributed by atoms with van der Waals surface area (Å²) in [6, 6.07) is 9.72. The van der Waals surface area contributed by atoms with Crippen LogP contribution in [0.1, 0.15) is 84.2 Å². The number of hydrogen-bond donors (Lipinski definition) is 1. The number of anilines is 2. The molecule has 1 N–H and O–H groups in total. The van der Waals surface area contributed by atoms with Gasteiger partial charge < -0.3 is 15.0 Å². The van der Waals surface area contributed by atoms with Crippen molar-refractivity contribution >= 4 is 16.9 Å². The van der Waals surface area contributed by atoms with Gasteiger partial charge in [0.15, 0.2) is 0 Å². The molecule has 2 aromatic rings. The minimum absolute atomic E-state index is 0.199. The number of allylic oxidation sites excluding steroid dienone is 6. The van der Waals surface area contributed by atoms with Crippen LogP contribution in [0.4, 0.5) is 15.8 Å². The number of nitrogens with zero attached hydrogens (tertiary/aromatic N) is 2. The first-order chi connectivity index (χ1) is 17.3. The molecule has 0 spiro atoms. The number of halogens is 1. The number of hydrogen-bond acceptors (Lipinski definition) is 4. The van der Waals surface area contributed by atoms with Crippen molar-refractivity contribution in [3.63, 3.8) is 0 Å². The summed E-state index contributed by atoms with van der Waals surface area (Å²) in [7, 11) is 0. The summed E-state index contributed by atoms with van der Waals surface area (Å²) in [5.74, 6) is 0.915. The molecule has 3 rings (SSSR count). The Morgan fingerprint density at radius 3 is 2.58 bits per heavy atom. The largest absolute Gasteiger partial charge is 0.498 e. The Bertz CT molecular complexity index is 1120. The van der Waals surface area contributed by atoms with Crippen LogP contribution in [0.2, 0.25) is 0 Å². The second-order valence-corrected chi connectivity index (χ2v) is 9.60. The predicted molar refractivity (Wildman–Crippen MR) is 151 cm³/mol. The zero-order valence-corrected chi connectivity index (χ0v) is 22.9. The molecule has 2 unspecified atom stereocenters. The van der Waals surface area contributed by atoms with Crippen LogP contribution in [0.25, 0.3) is 5.57 Å². The van der Waals surface area contributed by atoms with Gasteiger partial charge in [-0.05, 0) is 58.7 Å². The van der Waals surface area contributed by atoms with Gasteiger partial charge in [-0.15, -0.1) is 0 Å². The lowest BCUT2D eigenvalue weighted by molar-refractivity contribution is 0.233. The Morgan fingerprint density at radius 1 is 1.19 bits per heavy atom. The minimum atomic E-state index is -0.199. The van der Waals surface area contributed by atoms with Crippen molar-refractivity contribution < 1.29 is 9.13 Å². The first-order valence-corrected chi connectivity index (χ1v) is 13.3. The van der Waals surface area contributed by atoms with Gasteiger partial charge in [-0.3, -0.25) is 4.98 Å². The van der Waals surface area contributed by atoms with E-state index in [-0.39, 0.29) is 11.7 Å². The molecule has 36 heavy (non-hydrogen) atoms. The number of ether oxygens (including phenoxy) is 1. The molecule has 2 heterocycles. The number of benzene rings is 1. The van der Waals surface area contributed by atoms with E-state index in [9.17, 15) is 4.39 Å². The maximum Gasteiger partial charge on any atom is 0.128 e. The highest BCUT2D eigenvalue weighted by Crippen LogP contribution is 2.47. The molecule has 4 nitrogen and oxygen atoms in total. The van der Waals surface area contributed by atoms with E-state index in [0.29, 0.717) is 30.8 Å². The molecule has 0 fully saturated rings. The molecule has 2 atom stereocenters. The Kier molecular flexibility index (Phi) is 9.74. The van der Waals surface area contributed by atoms with Gasteiger partial charge in [-0.2, -0.15) is 0 Å². The molecule has 1 aliphatic rings. The van der Waals surface area contributed by atoms with Crippen LogP contribution < -0.4 is 10.2 Å². The monoisotopic (exact) mass is 491 g/mol. The van der Waals surface area contributed by atoms with Crippen molar-refractivity contribution in [1.82, 2.24) is 4.98 Å². The topological polar surface area (TPSA) is 37.4 Å². The lowest BCUT2D eigenvalue weighted by Crippen LogP contribution is -2.38. The number of fused-ring (bicyclic) bond motifs is 1. The molecule has 0 radical (unpaired) electrons. The molecule has 1 aliphatic heterocycles. The maximum absolute atomic E-state index is 14.4. The van der Waals surface area contributed by atoms with E-state index in [2.05, 4.69) is 69.1 Å². The van der Waals surface area contributed by atoms with E-state index in [1.165, 1.54) is 6.07 Å². The third-order valence-electron chi connectivity index (χ3n) is 6.81. The zero-order valence-electron chi connectivity index (χ0n) is 22.9. The van der Waals surface area contributed by atoms with Gasteiger partial charge in [0.2, 0.25) is 0 Å². The van der Waals surface area contributed by atoms with Crippen LogP contribution in [-0.2, 0) is 11.3 Å². The summed E-state index contributed by atoms with van der Waals surface area (Å²) in [5, 5.41) is 3.57. The highest BCUT2D eigenvalue weighted by atomic mass is 19.1. The van der Waals surface area contributed by atoms with E-state index in [1.54, 1.807) is 6.07 Å². The van der Waals surface area contributed by atoms with E-state index in [4.69, 9.17) is 9.72 Å². The molecular weight excluding hydrogens is 449 g/mol. The third kappa shape index (κ3) is 6.00. The van der Waals surface area contributed by atoms with Gasteiger partial charge in [0, 0.05) is 35.7 Å². The predicted octanol–water partition coefficient (Wildman–Crippen LogP) is 8.23. The molecule has 0 saturated carbocycles. The quantitative estimate of drug-likeness (QED) is 0.254. The second kappa shape index (κ2) is 12.8. The Morgan fingerprint density at radius 2 is 1.94 bits per heavy atom. The van der Waals surface area contributed by atoms with Gasteiger partial charge in [0.25, 0.3) is 0 Å². The average Bonchev–Trinajstić information content (AvgIpc) is 3.15. The summed E-state index contributed by atoms with van der Waals surface area (Å²) < 4.78 is 20.4. The first-order valence-electron chi connectivity index (χ1n) is 13.3. The Labute approximate surface area is 217 Å². The molecule has 1 aromatic heterocycles. The van der Waals surface area contributed by atoms with Crippen LogP contribution in [0.15, 0.2) is 60.4 Å². The fraction of sp³-hybridized carbons (Fsp3) is 0.452. The summed E-state index contributed by atoms with van der Waals surface area (Å²) >= 11 is 0. The fourth-order valence-corrected chi connectivity index (χ4v) is 5.08. The van der Waals surface area contributed by atoms with E-state index in [1.807, 2.05) is 32.1 Å². The molecule has 0 amide bonds.